The number of methoxy groups -OCH3 is 1. The standard InChI is InChI=1S/C17H10ClF17O/c1-36-9(7-4-2-3-5-8(7)18)6-10(19,20)11(21,22)12(23,24)13(25,26)14(27,28)15(29,30)16(31,32)17(33,34)35/h2-5,9H,6H2,1H3. The van der Waals surface area contributed by atoms with Crippen LogP contribution in [0, 0.1) is 0 Å². The van der Waals surface area contributed by atoms with Gasteiger partial charge < -0.3 is 4.74 Å². The second-order valence-corrected chi connectivity index (χ2v) is 7.51. The zero-order chi connectivity index (χ0) is 29.0. The lowest BCUT2D eigenvalue weighted by Crippen LogP contribution is -2.74. The third kappa shape index (κ3) is 4.55. The molecule has 0 bridgehead atoms. The highest BCUT2D eigenvalue weighted by atomic mass is 35.5. The fourth-order valence-corrected chi connectivity index (χ4v) is 2.87. The average Bonchev–Trinajstić information content (AvgIpc) is 2.70. The molecule has 19 heteroatoms. The summed E-state index contributed by atoms with van der Waals surface area (Å²) in [5.41, 5.74) is -0.658. The Balaban J connectivity index is 3.60. The van der Waals surface area contributed by atoms with Crippen molar-refractivity contribution in [2.75, 3.05) is 7.11 Å². The Morgan fingerprint density at radius 1 is 0.611 bits per heavy atom. The van der Waals surface area contributed by atoms with Crippen molar-refractivity contribution in [3.8, 4) is 0 Å². The zero-order valence-corrected chi connectivity index (χ0v) is 17.6. The van der Waals surface area contributed by atoms with Gasteiger partial charge in [-0.15, -0.1) is 0 Å². The van der Waals surface area contributed by atoms with E-state index in [0.717, 1.165) is 24.3 Å². The Labute approximate surface area is 194 Å². The number of rotatable bonds is 10. The molecule has 0 amide bonds. The van der Waals surface area contributed by atoms with Crippen molar-refractivity contribution in [2.45, 2.75) is 60.2 Å². The highest BCUT2D eigenvalue weighted by Crippen LogP contribution is 2.64. The SMILES string of the molecule is COC(CC(F)(F)C(F)(F)C(F)(F)C(F)(F)C(F)(F)C(F)(F)C(F)(F)C(F)(F)F)c1ccccc1Cl. The molecule has 1 atom stereocenters. The van der Waals surface area contributed by atoms with Gasteiger partial charge in [-0.3, -0.25) is 0 Å². The molecular formula is C17H10ClF17O. The second-order valence-electron chi connectivity index (χ2n) is 7.10. The maximum absolute atomic E-state index is 14.1. The third-order valence-corrected chi connectivity index (χ3v) is 5.11. The maximum atomic E-state index is 14.1. The van der Waals surface area contributed by atoms with Crippen LogP contribution in [0.1, 0.15) is 18.1 Å². The van der Waals surface area contributed by atoms with E-state index in [-0.39, 0.29) is 0 Å². The first-order valence-electron chi connectivity index (χ1n) is 8.67. The summed E-state index contributed by atoms with van der Waals surface area (Å²) in [6.45, 7) is 0. The van der Waals surface area contributed by atoms with Gasteiger partial charge in [0.2, 0.25) is 0 Å². The monoisotopic (exact) mass is 588 g/mol. The number of hydrogen-bond donors (Lipinski definition) is 0. The van der Waals surface area contributed by atoms with E-state index in [4.69, 9.17) is 11.6 Å². The fourth-order valence-electron chi connectivity index (χ4n) is 2.61. The number of alkyl halides is 17. The van der Waals surface area contributed by atoms with Crippen molar-refractivity contribution < 1.29 is 79.4 Å². The summed E-state index contributed by atoms with van der Waals surface area (Å²) in [6, 6.07) is 3.85. The minimum Gasteiger partial charge on any atom is -0.376 e. The summed E-state index contributed by atoms with van der Waals surface area (Å²) >= 11 is 5.57. The second kappa shape index (κ2) is 9.23. The maximum Gasteiger partial charge on any atom is 0.460 e. The summed E-state index contributed by atoms with van der Waals surface area (Å²) in [5.74, 6) is -56.7. The summed E-state index contributed by atoms with van der Waals surface area (Å²) < 4.78 is 231. The molecule has 0 radical (unpaired) electrons. The molecule has 0 aliphatic heterocycles. The first-order valence-corrected chi connectivity index (χ1v) is 9.05. The van der Waals surface area contributed by atoms with Gasteiger partial charge in [0.1, 0.15) is 0 Å². The van der Waals surface area contributed by atoms with Gasteiger partial charge in [0, 0.05) is 18.6 Å². The van der Waals surface area contributed by atoms with Gasteiger partial charge in [0.15, 0.2) is 0 Å². The van der Waals surface area contributed by atoms with Crippen molar-refractivity contribution in [3.63, 3.8) is 0 Å². The van der Waals surface area contributed by atoms with Crippen molar-refractivity contribution in [1.29, 1.82) is 0 Å². The average molecular weight is 589 g/mol. The summed E-state index contributed by atoms with van der Waals surface area (Å²) in [6.07, 6.45) is -13.0. The van der Waals surface area contributed by atoms with Gasteiger partial charge in [0.25, 0.3) is 0 Å². The van der Waals surface area contributed by atoms with E-state index in [1.54, 1.807) is 0 Å². The Morgan fingerprint density at radius 3 is 1.33 bits per heavy atom. The smallest absolute Gasteiger partial charge is 0.376 e. The molecule has 210 valence electrons. The van der Waals surface area contributed by atoms with E-state index < -0.39 is 70.7 Å². The quantitative estimate of drug-likeness (QED) is 0.249. The highest BCUT2D eigenvalue weighted by Gasteiger charge is 2.95. The van der Waals surface area contributed by atoms with Crippen molar-refractivity contribution in [1.82, 2.24) is 0 Å². The first-order chi connectivity index (χ1) is 15.7. The molecule has 1 nitrogen and oxygen atoms in total. The normalized spacial score (nSPS) is 16.3. The van der Waals surface area contributed by atoms with Crippen LogP contribution >= 0.6 is 11.6 Å². The molecule has 0 N–H and O–H groups in total. The van der Waals surface area contributed by atoms with Crippen LogP contribution in [-0.2, 0) is 4.74 Å². The topological polar surface area (TPSA) is 9.23 Å². The van der Waals surface area contributed by atoms with Gasteiger partial charge in [-0.1, -0.05) is 29.8 Å². The fraction of sp³-hybridized carbons (Fsp3) is 0.647. The van der Waals surface area contributed by atoms with E-state index in [9.17, 15) is 74.6 Å². The van der Waals surface area contributed by atoms with Gasteiger partial charge >= 0.3 is 47.6 Å². The molecule has 1 aromatic carbocycles. The molecule has 1 unspecified atom stereocenters. The molecule has 36 heavy (non-hydrogen) atoms. The summed E-state index contributed by atoms with van der Waals surface area (Å²) in [4.78, 5) is 0. The van der Waals surface area contributed by atoms with Crippen LogP contribution in [0.2, 0.25) is 5.02 Å². The lowest BCUT2D eigenvalue weighted by Gasteiger charge is -2.43. The van der Waals surface area contributed by atoms with Gasteiger partial charge in [0.05, 0.1) is 6.10 Å². The molecule has 0 spiro atoms. The molecule has 0 saturated carbocycles. The van der Waals surface area contributed by atoms with Crippen molar-refractivity contribution in [3.05, 3.63) is 34.9 Å². The van der Waals surface area contributed by atoms with Crippen LogP contribution < -0.4 is 0 Å². The van der Waals surface area contributed by atoms with Crippen LogP contribution in [-0.4, -0.2) is 54.7 Å². The molecule has 1 aromatic rings. The molecule has 0 aromatic heterocycles. The number of ether oxygens (including phenoxy) is 1. The first kappa shape index (κ1) is 32.3. The van der Waals surface area contributed by atoms with Crippen LogP contribution in [0.4, 0.5) is 74.6 Å². The van der Waals surface area contributed by atoms with Crippen LogP contribution in [0.25, 0.3) is 0 Å². The van der Waals surface area contributed by atoms with E-state index in [1.165, 1.54) is 0 Å². The van der Waals surface area contributed by atoms with E-state index in [2.05, 4.69) is 4.74 Å². The minimum atomic E-state index is -8.66. The molecule has 0 saturated heterocycles. The Bertz CT molecular complexity index is 924. The molecule has 1 rings (SSSR count). The Kier molecular flexibility index (Phi) is 8.29. The predicted molar refractivity (Wildman–Crippen MR) is 86.5 cm³/mol. The van der Waals surface area contributed by atoms with Crippen molar-refractivity contribution in [2.24, 2.45) is 0 Å². The van der Waals surface area contributed by atoms with Gasteiger partial charge in [-0.2, -0.15) is 74.6 Å². The molecule has 0 aliphatic carbocycles. The van der Waals surface area contributed by atoms with Gasteiger partial charge in [-0.05, 0) is 11.6 Å². The third-order valence-electron chi connectivity index (χ3n) is 4.77. The van der Waals surface area contributed by atoms with Crippen LogP contribution in [0.15, 0.2) is 24.3 Å². The highest BCUT2D eigenvalue weighted by molar-refractivity contribution is 6.31. The number of halogens is 18. The molecule has 0 fully saturated rings. The molecule has 0 heterocycles. The van der Waals surface area contributed by atoms with Crippen molar-refractivity contribution >= 4 is 11.6 Å². The summed E-state index contributed by atoms with van der Waals surface area (Å²) in [5, 5.41) is -0.541. The van der Waals surface area contributed by atoms with E-state index in [0.29, 0.717) is 7.11 Å². The van der Waals surface area contributed by atoms with Gasteiger partial charge in [-0.25, -0.2) is 0 Å². The lowest BCUT2D eigenvalue weighted by molar-refractivity contribution is -0.462. The molecule has 0 aliphatic rings. The number of hydrogen-bond acceptors (Lipinski definition) is 1. The van der Waals surface area contributed by atoms with Crippen LogP contribution in [0.3, 0.4) is 0 Å². The number of benzene rings is 1. The lowest BCUT2D eigenvalue weighted by atomic mass is 9.87. The summed E-state index contributed by atoms with van der Waals surface area (Å²) in [7, 11) is 0.489. The predicted octanol–water partition coefficient (Wildman–Crippen LogP) is 8.43. The minimum absolute atomic E-state index is 0.489. The largest absolute Gasteiger partial charge is 0.460 e. The van der Waals surface area contributed by atoms with Crippen LogP contribution in [0.5, 0.6) is 0 Å². The van der Waals surface area contributed by atoms with E-state index in [1.807, 2.05) is 0 Å². The zero-order valence-electron chi connectivity index (χ0n) is 16.8. The Hall–Kier alpha value is -1.72. The van der Waals surface area contributed by atoms with E-state index >= 15 is 0 Å². The molecular weight excluding hydrogens is 579 g/mol. The Morgan fingerprint density at radius 2 is 0.972 bits per heavy atom.